The van der Waals surface area contributed by atoms with Crippen LogP contribution in [0.1, 0.15) is 34.1 Å². The predicted octanol–water partition coefficient (Wildman–Crippen LogP) is 1.12. The first kappa shape index (κ1) is 23.2. The number of β-amino-alcohol motifs (C(OH)–C–C–N with tert-alkyl or cyclic N) is 1. The van der Waals surface area contributed by atoms with Crippen molar-refractivity contribution in [3.05, 3.63) is 0 Å². The molecule has 1 saturated heterocycles. The van der Waals surface area contributed by atoms with Crippen LogP contribution >= 0.6 is 24.8 Å². The minimum absolute atomic E-state index is 0. The van der Waals surface area contributed by atoms with E-state index in [1.54, 1.807) is 6.92 Å². The third-order valence-electron chi connectivity index (χ3n) is 3.89. The number of carbonyl (C=O) groups excluding carboxylic acids is 1. The van der Waals surface area contributed by atoms with Gasteiger partial charge in [0, 0.05) is 32.2 Å². The van der Waals surface area contributed by atoms with Crippen LogP contribution in [0.25, 0.3) is 0 Å². The van der Waals surface area contributed by atoms with Crippen LogP contribution in [-0.4, -0.2) is 65.2 Å². The summed E-state index contributed by atoms with van der Waals surface area (Å²) in [5.41, 5.74) is 5.95. The van der Waals surface area contributed by atoms with Gasteiger partial charge in [-0.3, -0.25) is 9.69 Å². The molecular formula is C14H31Cl2N3O2. The molecule has 0 aromatic rings. The van der Waals surface area contributed by atoms with Gasteiger partial charge in [-0.05, 0) is 19.3 Å². The van der Waals surface area contributed by atoms with Gasteiger partial charge in [0.15, 0.2) is 0 Å². The Labute approximate surface area is 141 Å². The first-order valence-corrected chi connectivity index (χ1v) is 7.33. The molecule has 0 bridgehead atoms. The van der Waals surface area contributed by atoms with Gasteiger partial charge >= 0.3 is 0 Å². The highest BCUT2D eigenvalue weighted by atomic mass is 35.5. The number of nitrogens with zero attached hydrogens (tertiary/aromatic N) is 2. The zero-order chi connectivity index (χ0) is 14.6. The number of piperazine rings is 1. The summed E-state index contributed by atoms with van der Waals surface area (Å²) in [5, 5.41) is 9.51. The van der Waals surface area contributed by atoms with Gasteiger partial charge in [0.25, 0.3) is 0 Å². The second kappa shape index (κ2) is 10.6. The van der Waals surface area contributed by atoms with Gasteiger partial charge in [0.1, 0.15) is 0 Å². The lowest BCUT2D eigenvalue weighted by molar-refractivity contribution is -0.136. The van der Waals surface area contributed by atoms with Crippen LogP contribution in [0.3, 0.4) is 0 Å². The molecule has 3 atom stereocenters. The summed E-state index contributed by atoms with van der Waals surface area (Å²) in [4.78, 5) is 16.4. The molecule has 2 unspecified atom stereocenters. The fraction of sp³-hybridized carbons (Fsp3) is 0.929. The number of nitrogens with two attached hydrogens (primary N) is 1. The molecule has 1 fully saturated rings. The normalized spacial score (nSPS) is 22.2. The maximum Gasteiger partial charge on any atom is 0.239 e. The standard InChI is InChI=1S/C14H29N3O2.2ClH/c1-5-12-9-17(14(19)13(15)10(2)3)7-6-16(12)8-11(4)18;;/h10-13,18H,5-9,15H2,1-4H3;2*1H/t11?,12?,13-;;/m0../s1. The van der Waals surface area contributed by atoms with Gasteiger partial charge in [-0.2, -0.15) is 0 Å². The average molecular weight is 344 g/mol. The molecule has 1 rings (SSSR count). The SMILES string of the molecule is CCC1CN(C(=O)[C@@H](N)C(C)C)CCN1CC(C)O.Cl.Cl. The first-order valence-electron chi connectivity index (χ1n) is 7.33. The lowest BCUT2D eigenvalue weighted by Crippen LogP contribution is -2.59. The van der Waals surface area contributed by atoms with E-state index in [1.807, 2.05) is 18.7 Å². The Bertz CT molecular complexity index is 304. The number of hydrogen-bond acceptors (Lipinski definition) is 4. The highest BCUT2D eigenvalue weighted by Crippen LogP contribution is 2.15. The number of halogens is 2. The van der Waals surface area contributed by atoms with E-state index in [9.17, 15) is 9.90 Å². The fourth-order valence-electron chi connectivity index (χ4n) is 2.56. The van der Waals surface area contributed by atoms with Gasteiger partial charge in [-0.25, -0.2) is 0 Å². The Hall–Kier alpha value is -0.0700. The highest BCUT2D eigenvalue weighted by molar-refractivity contribution is 5.85. The minimum atomic E-state index is -0.402. The Morgan fingerprint density at radius 2 is 1.86 bits per heavy atom. The summed E-state index contributed by atoms with van der Waals surface area (Å²) in [7, 11) is 0. The van der Waals surface area contributed by atoms with Crippen LogP contribution in [0, 0.1) is 5.92 Å². The number of amides is 1. The molecule has 0 radical (unpaired) electrons. The van der Waals surface area contributed by atoms with Crippen molar-refractivity contribution >= 4 is 30.7 Å². The molecular weight excluding hydrogens is 313 g/mol. The number of carbonyl (C=O) groups is 1. The van der Waals surface area contributed by atoms with E-state index in [0.717, 1.165) is 19.5 Å². The maximum absolute atomic E-state index is 12.3. The summed E-state index contributed by atoms with van der Waals surface area (Å²) in [6.45, 7) is 10.8. The highest BCUT2D eigenvalue weighted by Gasteiger charge is 2.31. The Morgan fingerprint density at radius 3 is 2.29 bits per heavy atom. The van der Waals surface area contributed by atoms with Gasteiger partial charge in [-0.1, -0.05) is 20.8 Å². The van der Waals surface area contributed by atoms with Crippen LogP contribution < -0.4 is 5.73 Å². The molecule has 3 N–H and O–H groups in total. The second-order valence-electron chi connectivity index (χ2n) is 5.96. The lowest BCUT2D eigenvalue weighted by atomic mass is 10.0. The summed E-state index contributed by atoms with van der Waals surface area (Å²) in [6, 6.07) is -0.0764. The van der Waals surface area contributed by atoms with Crippen LogP contribution in [-0.2, 0) is 4.79 Å². The number of rotatable bonds is 5. The van der Waals surface area contributed by atoms with Crippen LogP contribution in [0.4, 0.5) is 0 Å². The van der Waals surface area contributed by atoms with Crippen LogP contribution in [0.15, 0.2) is 0 Å². The van der Waals surface area contributed by atoms with Gasteiger partial charge in [-0.15, -0.1) is 24.8 Å². The molecule has 7 heteroatoms. The van der Waals surface area contributed by atoms with Crippen LogP contribution in [0.5, 0.6) is 0 Å². The summed E-state index contributed by atoms with van der Waals surface area (Å²) in [5.74, 6) is 0.230. The third-order valence-corrected chi connectivity index (χ3v) is 3.89. The third kappa shape index (κ3) is 6.70. The zero-order valence-electron chi connectivity index (χ0n) is 13.5. The van der Waals surface area contributed by atoms with Crippen molar-refractivity contribution in [3.8, 4) is 0 Å². The molecule has 1 amide bonds. The van der Waals surface area contributed by atoms with Crippen molar-refractivity contribution in [1.29, 1.82) is 0 Å². The number of aliphatic hydroxyl groups is 1. The van der Waals surface area contributed by atoms with Crippen molar-refractivity contribution in [2.75, 3.05) is 26.2 Å². The van der Waals surface area contributed by atoms with Crippen molar-refractivity contribution in [2.45, 2.75) is 52.3 Å². The summed E-state index contributed by atoms with van der Waals surface area (Å²) >= 11 is 0. The molecule has 128 valence electrons. The predicted molar refractivity (Wildman–Crippen MR) is 91.2 cm³/mol. The largest absolute Gasteiger partial charge is 0.392 e. The lowest BCUT2D eigenvalue weighted by Gasteiger charge is -2.42. The fourth-order valence-corrected chi connectivity index (χ4v) is 2.56. The summed E-state index contributed by atoms with van der Waals surface area (Å²) < 4.78 is 0. The minimum Gasteiger partial charge on any atom is -0.392 e. The maximum atomic E-state index is 12.3. The van der Waals surface area contributed by atoms with Crippen LogP contribution in [0.2, 0.25) is 0 Å². The molecule has 0 aromatic heterocycles. The Balaban J connectivity index is 0. The molecule has 5 nitrogen and oxygen atoms in total. The second-order valence-corrected chi connectivity index (χ2v) is 5.96. The first-order chi connectivity index (χ1) is 8.86. The zero-order valence-corrected chi connectivity index (χ0v) is 15.1. The van der Waals surface area contributed by atoms with E-state index < -0.39 is 6.04 Å². The topological polar surface area (TPSA) is 69.8 Å². The molecule has 1 aliphatic rings. The number of aliphatic hydroxyl groups excluding tert-OH is 1. The van der Waals surface area contributed by atoms with Crippen molar-refractivity contribution < 1.29 is 9.90 Å². The average Bonchev–Trinajstić information content (AvgIpc) is 2.36. The number of hydrogen-bond donors (Lipinski definition) is 2. The van der Waals surface area contributed by atoms with E-state index >= 15 is 0 Å². The van der Waals surface area contributed by atoms with E-state index in [0.29, 0.717) is 19.1 Å². The molecule has 1 aliphatic heterocycles. The molecule has 0 saturated carbocycles. The molecule has 0 aliphatic carbocycles. The van der Waals surface area contributed by atoms with E-state index in [-0.39, 0.29) is 42.7 Å². The monoisotopic (exact) mass is 343 g/mol. The van der Waals surface area contributed by atoms with E-state index in [1.165, 1.54) is 0 Å². The quantitative estimate of drug-likeness (QED) is 0.784. The Morgan fingerprint density at radius 1 is 1.29 bits per heavy atom. The van der Waals surface area contributed by atoms with E-state index in [2.05, 4.69) is 11.8 Å². The summed E-state index contributed by atoms with van der Waals surface area (Å²) in [6.07, 6.45) is 0.655. The smallest absolute Gasteiger partial charge is 0.239 e. The van der Waals surface area contributed by atoms with Gasteiger partial charge < -0.3 is 15.7 Å². The van der Waals surface area contributed by atoms with Gasteiger partial charge in [0.05, 0.1) is 12.1 Å². The Kier molecular flexibility index (Phi) is 11.7. The van der Waals surface area contributed by atoms with E-state index in [4.69, 9.17) is 5.73 Å². The van der Waals surface area contributed by atoms with Crippen molar-refractivity contribution in [1.82, 2.24) is 9.80 Å². The molecule has 0 spiro atoms. The van der Waals surface area contributed by atoms with Crippen molar-refractivity contribution in [2.24, 2.45) is 11.7 Å². The molecule has 21 heavy (non-hydrogen) atoms. The van der Waals surface area contributed by atoms with Gasteiger partial charge in [0.2, 0.25) is 5.91 Å². The molecule has 0 aromatic carbocycles. The van der Waals surface area contributed by atoms with Crippen molar-refractivity contribution in [3.63, 3.8) is 0 Å². The molecule has 1 heterocycles.